The molecular formula is C16H24F2N2O. The van der Waals surface area contributed by atoms with Gasteiger partial charge in [-0.05, 0) is 38.8 Å². The maximum atomic E-state index is 13.9. The van der Waals surface area contributed by atoms with Gasteiger partial charge in [0.25, 0.3) is 5.91 Å². The van der Waals surface area contributed by atoms with Gasteiger partial charge >= 0.3 is 0 Å². The number of hydrogen-bond acceptors (Lipinski definition) is 2. The first-order valence-electron chi connectivity index (χ1n) is 7.36. The molecule has 2 N–H and O–H groups in total. The number of amides is 1. The van der Waals surface area contributed by atoms with Crippen molar-refractivity contribution in [3.63, 3.8) is 0 Å². The van der Waals surface area contributed by atoms with Crippen LogP contribution in [0, 0.1) is 11.6 Å². The van der Waals surface area contributed by atoms with Crippen LogP contribution in [-0.2, 0) is 0 Å². The molecule has 1 aromatic carbocycles. The predicted octanol–water partition coefficient (Wildman–Crippen LogP) is 4.10. The summed E-state index contributed by atoms with van der Waals surface area (Å²) in [5.74, 6) is -1.96. The monoisotopic (exact) mass is 298 g/mol. The highest BCUT2D eigenvalue weighted by atomic mass is 19.1. The van der Waals surface area contributed by atoms with Crippen LogP contribution in [0.25, 0.3) is 0 Å². The summed E-state index contributed by atoms with van der Waals surface area (Å²) in [7, 11) is 0. The molecule has 5 heteroatoms. The summed E-state index contributed by atoms with van der Waals surface area (Å²) in [6.45, 7) is 8.17. The van der Waals surface area contributed by atoms with E-state index in [1.165, 1.54) is 0 Å². The number of benzene rings is 1. The first-order valence-corrected chi connectivity index (χ1v) is 7.36. The van der Waals surface area contributed by atoms with Crippen LogP contribution >= 0.6 is 0 Å². The number of nitrogens with one attached hydrogen (secondary N) is 2. The second-order valence-electron chi connectivity index (χ2n) is 5.83. The lowest BCUT2D eigenvalue weighted by Crippen LogP contribution is -2.43. The molecule has 0 radical (unpaired) electrons. The largest absolute Gasteiger partial charge is 0.380 e. The average Bonchev–Trinajstić information content (AvgIpc) is 2.36. The maximum Gasteiger partial charge on any atom is 0.251 e. The zero-order chi connectivity index (χ0) is 16.0. The maximum absolute atomic E-state index is 13.9. The summed E-state index contributed by atoms with van der Waals surface area (Å²) in [6, 6.07) is 2.14. The molecule has 1 amide bonds. The van der Waals surface area contributed by atoms with Crippen molar-refractivity contribution >= 4 is 11.6 Å². The van der Waals surface area contributed by atoms with E-state index < -0.39 is 23.1 Å². The average molecular weight is 298 g/mol. The van der Waals surface area contributed by atoms with Crippen LogP contribution in [0.2, 0.25) is 0 Å². The summed E-state index contributed by atoms with van der Waals surface area (Å²) in [5.41, 5.74) is -0.588. The Bertz CT molecular complexity index is 478. The Morgan fingerprint density at radius 1 is 1.14 bits per heavy atom. The normalized spacial score (nSPS) is 11.3. The molecule has 0 bridgehead atoms. The number of hydrogen-bond donors (Lipinski definition) is 2. The molecule has 0 saturated carbocycles. The summed E-state index contributed by atoms with van der Waals surface area (Å²) in [5, 5.41) is 5.48. The van der Waals surface area contributed by atoms with E-state index in [1.807, 2.05) is 27.7 Å². The van der Waals surface area contributed by atoms with Crippen LogP contribution in [0.15, 0.2) is 12.1 Å². The van der Waals surface area contributed by atoms with Gasteiger partial charge in [0.2, 0.25) is 0 Å². The molecule has 0 saturated heterocycles. The Kier molecular flexibility index (Phi) is 6.12. The van der Waals surface area contributed by atoms with Gasteiger partial charge in [0.1, 0.15) is 17.3 Å². The van der Waals surface area contributed by atoms with E-state index in [0.29, 0.717) is 6.54 Å². The number of rotatable bonds is 7. The molecule has 0 heterocycles. The second-order valence-corrected chi connectivity index (χ2v) is 5.83. The molecule has 3 nitrogen and oxygen atoms in total. The highest BCUT2D eigenvalue weighted by Crippen LogP contribution is 2.21. The van der Waals surface area contributed by atoms with E-state index in [1.54, 1.807) is 0 Å². The van der Waals surface area contributed by atoms with E-state index in [0.717, 1.165) is 31.4 Å². The van der Waals surface area contributed by atoms with Gasteiger partial charge in [0.15, 0.2) is 0 Å². The minimum Gasteiger partial charge on any atom is -0.380 e. The van der Waals surface area contributed by atoms with Gasteiger partial charge in [0.05, 0.1) is 0 Å². The summed E-state index contributed by atoms with van der Waals surface area (Å²) in [6.07, 6.45) is 2.46. The Morgan fingerprint density at radius 2 is 1.71 bits per heavy atom. The lowest BCUT2D eigenvalue weighted by molar-refractivity contribution is 0.0908. The zero-order valence-electron chi connectivity index (χ0n) is 13.1. The molecule has 1 rings (SSSR count). The summed E-state index contributed by atoms with van der Waals surface area (Å²) >= 11 is 0. The molecule has 1 aromatic rings. The van der Waals surface area contributed by atoms with Crippen molar-refractivity contribution in [2.75, 3.05) is 11.9 Å². The molecule has 0 aromatic heterocycles. The third-order valence-electron chi connectivity index (χ3n) is 3.18. The Morgan fingerprint density at radius 3 is 2.19 bits per heavy atom. The highest BCUT2D eigenvalue weighted by Gasteiger charge is 2.22. The fourth-order valence-corrected chi connectivity index (χ4v) is 2.19. The molecule has 0 spiro atoms. The Labute approximate surface area is 125 Å². The summed E-state index contributed by atoms with van der Waals surface area (Å²) < 4.78 is 27.8. The zero-order valence-corrected chi connectivity index (χ0v) is 13.1. The third kappa shape index (κ3) is 4.99. The van der Waals surface area contributed by atoms with Crippen LogP contribution < -0.4 is 10.6 Å². The first kappa shape index (κ1) is 17.4. The fraction of sp³-hybridized carbons (Fsp3) is 0.562. The van der Waals surface area contributed by atoms with Crippen molar-refractivity contribution in [1.82, 2.24) is 5.32 Å². The van der Waals surface area contributed by atoms with E-state index in [4.69, 9.17) is 0 Å². The van der Waals surface area contributed by atoms with Gasteiger partial charge in [-0.3, -0.25) is 4.79 Å². The van der Waals surface area contributed by atoms with Crippen molar-refractivity contribution < 1.29 is 13.6 Å². The quantitative estimate of drug-likeness (QED) is 0.796. The topological polar surface area (TPSA) is 41.1 Å². The lowest BCUT2D eigenvalue weighted by Gasteiger charge is -2.25. The van der Waals surface area contributed by atoms with Gasteiger partial charge in [0, 0.05) is 17.6 Å². The minimum atomic E-state index is -0.748. The lowest BCUT2D eigenvalue weighted by atomic mass is 9.98. The van der Waals surface area contributed by atoms with Crippen LogP contribution in [-0.4, -0.2) is 18.0 Å². The standard InChI is InChI=1S/C16H24F2N2O/c1-5-7-16(3,4)20-15(21)11-9-12(17)14(13(18)10-11)19-8-6-2/h9-10,19H,5-8H2,1-4H3,(H,20,21). The van der Waals surface area contributed by atoms with Gasteiger partial charge in [-0.15, -0.1) is 0 Å². The van der Waals surface area contributed by atoms with Crippen LogP contribution in [0.1, 0.15) is 57.3 Å². The molecule has 0 atom stereocenters. The first-order chi connectivity index (χ1) is 9.80. The third-order valence-corrected chi connectivity index (χ3v) is 3.18. The molecule has 0 unspecified atom stereocenters. The van der Waals surface area contributed by atoms with E-state index in [-0.39, 0.29) is 11.3 Å². The van der Waals surface area contributed by atoms with Gasteiger partial charge in [-0.2, -0.15) is 0 Å². The molecule has 0 aliphatic rings. The number of halogens is 2. The minimum absolute atomic E-state index is 0.00349. The van der Waals surface area contributed by atoms with Crippen molar-refractivity contribution in [3.8, 4) is 0 Å². The van der Waals surface area contributed by atoms with Crippen molar-refractivity contribution in [3.05, 3.63) is 29.3 Å². The molecule has 0 aliphatic heterocycles. The van der Waals surface area contributed by atoms with Crippen LogP contribution in [0.3, 0.4) is 0 Å². The van der Waals surface area contributed by atoms with Gasteiger partial charge in [-0.1, -0.05) is 20.3 Å². The van der Waals surface area contributed by atoms with Crippen molar-refractivity contribution in [1.29, 1.82) is 0 Å². The van der Waals surface area contributed by atoms with Crippen LogP contribution in [0.4, 0.5) is 14.5 Å². The molecule has 118 valence electrons. The van der Waals surface area contributed by atoms with Gasteiger partial charge < -0.3 is 10.6 Å². The molecule has 0 aliphatic carbocycles. The van der Waals surface area contributed by atoms with Crippen molar-refractivity contribution in [2.24, 2.45) is 0 Å². The fourth-order valence-electron chi connectivity index (χ4n) is 2.19. The molecule has 0 fully saturated rings. The molecular weight excluding hydrogens is 274 g/mol. The highest BCUT2D eigenvalue weighted by molar-refractivity contribution is 5.95. The summed E-state index contributed by atoms with van der Waals surface area (Å²) in [4.78, 5) is 12.1. The van der Waals surface area contributed by atoms with Crippen molar-refractivity contribution in [2.45, 2.75) is 52.5 Å². The SMILES string of the molecule is CCCNc1c(F)cc(C(=O)NC(C)(C)CCC)cc1F. The molecule has 21 heavy (non-hydrogen) atoms. The number of carbonyl (C=O) groups excluding carboxylic acids is 1. The Hall–Kier alpha value is -1.65. The predicted molar refractivity (Wildman–Crippen MR) is 81.6 cm³/mol. The van der Waals surface area contributed by atoms with E-state index >= 15 is 0 Å². The smallest absolute Gasteiger partial charge is 0.251 e. The van der Waals surface area contributed by atoms with Gasteiger partial charge in [-0.25, -0.2) is 8.78 Å². The number of carbonyl (C=O) groups is 1. The van der Waals surface area contributed by atoms with E-state index in [9.17, 15) is 13.6 Å². The van der Waals surface area contributed by atoms with E-state index in [2.05, 4.69) is 10.6 Å². The van der Waals surface area contributed by atoms with Crippen LogP contribution in [0.5, 0.6) is 0 Å². The second kappa shape index (κ2) is 7.38. The number of anilines is 1. The Balaban J connectivity index is 2.92.